The van der Waals surface area contributed by atoms with Gasteiger partial charge in [-0.1, -0.05) is 30.3 Å². The topological polar surface area (TPSA) is 72.4 Å². The van der Waals surface area contributed by atoms with Crippen LogP contribution in [0.25, 0.3) is 16.6 Å². The van der Waals surface area contributed by atoms with Crippen LogP contribution in [0.2, 0.25) is 0 Å². The molecule has 1 fully saturated rings. The van der Waals surface area contributed by atoms with Crippen LogP contribution in [-0.2, 0) is 0 Å². The number of carbonyl (C=O) groups is 1. The van der Waals surface area contributed by atoms with Crippen LogP contribution in [0.15, 0.2) is 48.8 Å². The van der Waals surface area contributed by atoms with Gasteiger partial charge in [-0.3, -0.25) is 4.79 Å². The molecule has 5 nitrogen and oxygen atoms in total. The maximum absolute atomic E-state index is 14.8. The first kappa shape index (κ1) is 16.6. The molecule has 1 saturated carbocycles. The average molecular weight is 352 g/mol. The lowest BCUT2D eigenvalue weighted by atomic mass is 10.0. The van der Waals surface area contributed by atoms with Crippen molar-refractivity contribution in [2.45, 2.75) is 37.9 Å². The molecule has 3 aromatic rings. The minimum atomic E-state index is -1.32. The minimum absolute atomic E-state index is 0.276. The van der Waals surface area contributed by atoms with Crippen molar-refractivity contribution >= 4 is 17.1 Å². The van der Waals surface area contributed by atoms with Gasteiger partial charge in [0.1, 0.15) is 5.67 Å². The standard InChI is InChI=1S/C20H21FN4O/c1-20(21)9-5-8-17(20)24-18-15(19(22)26)11-23-25-12-14(10-16(18)25)13-6-3-2-4-7-13/h2-4,6-7,10-12,17,24H,5,8-9H2,1H3,(H2,22,26)/t17-,20+/m1/s1. The summed E-state index contributed by atoms with van der Waals surface area (Å²) in [6.45, 7) is 1.60. The summed E-state index contributed by atoms with van der Waals surface area (Å²) < 4.78 is 16.5. The number of nitrogens with one attached hydrogen (secondary N) is 1. The highest BCUT2D eigenvalue weighted by Crippen LogP contribution is 2.37. The Labute approximate surface area is 151 Å². The Morgan fingerprint density at radius 3 is 2.77 bits per heavy atom. The van der Waals surface area contributed by atoms with Gasteiger partial charge in [0.15, 0.2) is 0 Å². The molecule has 0 unspecified atom stereocenters. The number of fused-ring (bicyclic) bond motifs is 1. The summed E-state index contributed by atoms with van der Waals surface area (Å²) in [5.41, 5.74) is 7.77. The summed E-state index contributed by atoms with van der Waals surface area (Å²) in [4.78, 5) is 11.9. The number of hydrogen-bond acceptors (Lipinski definition) is 3. The van der Waals surface area contributed by atoms with E-state index >= 15 is 0 Å². The fraction of sp³-hybridized carbons (Fsp3) is 0.300. The molecule has 0 aliphatic heterocycles. The van der Waals surface area contributed by atoms with Crippen molar-refractivity contribution < 1.29 is 9.18 Å². The Morgan fingerprint density at radius 2 is 2.12 bits per heavy atom. The lowest BCUT2D eigenvalue weighted by molar-refractivity contribution is 0.1000. The van der Waals surface area contributed by atoms with E-state index in [4.69, 9.17) is 5.73 Å². The smallest absolute Gasteiger partial charge is 0.252 e. The van der Waals surface area contributed by atoms with Crippen LogP contribution in [-0.4, -0.2) is 27.2 Å². The third-order valence-electron chi connectivity index (χ3n) is 5.21. The van der Waals surface area contributed by atoms with Crippen molar-refractivity contribution in [2.75, 3.05) is 5.32 Å². The fourth-order valence-corrected chi connectivity index (χ4v) is 3.71. The molecule has 26 heavy (non-hydrogen) atoms. The number of nitrogens with zero attached hydrogens (tertiary/aromatic N) is 2. The second-order valence-electron chi connectivity index (χ2n) is 7.09. The van der Waals surface area contributed by atoms with Crippen molar-refractivity contribution in [3.63, 3.8) is 0 Å². The quantitative estimate of drug-likeness (QED) is 0.750. The molecular weight excluding hydrogens is 331 g/mol. The number of nitrogens with two attached hydrogens (primary N) is 1. The summed E-state index contributed by atoms with van der Waals surface area (Å²) in [6.07, 6.45) is 5.37. The predicted molar refractivity (Wildman–Crippen MR) is 99.9 cm³/mol. The van der Waals surface area contributed by atoms with Crippen LogP contribution in [0.1, 0.15) is 36.5 Å². The van der Waals surface area contributed by atoms with Gasteiger partial charge in [0.2, 0.25) is 0 Å². The van der Waals surface area contributed by atoms with E-state index in [2.05, 4.69) is 10.4 Å². The lowest BCUT2D eigenvalue weighted by Crippen LogP contribution is -2.36. The van der Waals surface area contributed by atoms with Gasteiger partial charge >= 0.3 is 0 Å². The number of rotatable bonds is 4. The average Bonchev–Trinajstić information content (AvgIpc) is 3.19. The zero-order chi connectivity index (χ0) is 18.3. The van der Waals surface area contributed by atoms with Crippen LogP contribution in [0.4, 0.5) is 10.1 Å². The summed E-state index contributed by atoms with van der Waals surface area (Å²) >= 11 is 0. The number of anilines is 1. The second kappa shape index (κ2) is 6.12. The Balaban J connectivity index is 1.84. The van der Waals surface area contributed by atoms with E-state index in [1.165, 1.54) is 6.20 Å². The van der Waals surface area contributed by atoms with Gasteiger partial charge in [-0.2, -0.15) is 5.10 Å². The van der Waals surface area contributed by atoms with Crippen molar-refractivity contribution in [3.05, 3.63) is 54.4 Å². The van der Waals surface area contributed by atoms with Gasteiger partial charge in [0, 0.05) is 11.8 Å². The Morgan fingerprint density at radius 1 is 1.35 bits per heavy atom. The van der Waals surface area contributed by atoms with Crippen LogP contribution in [0, 0.1) is 0 Å². The number of carbonyl (C=O) groups excluding carboxylic acids is 1. The molecule has 2 aromatic heterocycles. The molecule has 2 atom stereocenters. The molecule has 1 aliphatic carbocycles. The van der Waals surface area contributed by atoms with Gasteiger partial charge in [0.05, 0.1) is 29.0 Å². The maximum Gasteiger partial charge on any atom is 0.252 e. The molecule has 0 saturated heterocycles. The van der Waals surface area contributed by atoms with Gasteiger partial charge in [-0.15, -0.1) is 0 Å². The molecule has 6 heteroatoms. The van der Waals surface area contributed by atoms with E-state index in [0.717, 1.165) is 17.5 Å². The SMILES string of the molecule is C[C@]1(F)CCC[C@H]1Nc1c(C(N)=O)cnn2cc(-c3ccccc3)cc12. The second-order valence-corrected chi connectivity index (χ2v) is 7.09. The van der Waals surface area contributed by atoms with E-state index in [0.29, 0.717) is 24.0 Å². The summed E-state index contributed by atoms with van der Waals surface area (Å²) in [5.74, 6) is -0.580. The van der Waals surface area contributed by atoms with Gasteiger partial charge < -0.3 is 11.1 Å². The van der Waals surface area contributed by atoms with E-state index < -0.39 is 11.6 Å². The zero-order valence-electron chi connectivity index (χ0n) is 14.6. The number of aromatic nitrogens is 2. The van der Waals surface area contributed by atoms with E-state index in [-0.39, 0.29) is 11.6 Å². The third kappa shape index (κ3) is 2.81. The van der Waals surface area contributed by atoms with Crippen LogP contribution in [0.3, 0.4) is 0 Å². The fourth-order valence-electron chi connectivity index (χ4n) is 3.71. The zero-order valence-corrected chi connectivity index (χ0v) is 14.6. The van der Waals surface area contributed by atoms with Crippen LogP contribution >= 0.6 is 0 Å². The van der Waals surface area contributed by atoms with Crippen LogP contribution < -0.4 is 11.1 Å². The molecule has 1 aliphatic rings. The molecule has 3 N–H and O–H groups in total. The van der Waals surface area contributed by atoms with Crippen molar-refractivity contribution in [2.24, 2.45) is 5.73 Å². The van der Waals surface area contributed by atoms with Crippen molar-refractivity contribution in [3.8, 4) is 11.1 Å². The number of benzene rings is 1. The highest BCUT2D eigenvalue weighted by Gasteiger charge is 2.39. The number of amides is 1. The first-order chi connectivity index (χ1) is 12.5. The normalized spacial score (nSPS) is 22.6. The van der Waals surface area contributed by atoms with Crippen molar-refractivity contribution in [1.29, 1.82) is 0 Å². The number of primary amides is 1. The molecule has 134 valence electrons. The lowest BCUT2D eigenvalue weighted by Gasteiger charge is -2.26. The largest absolute Gasteiger partial charge is 0.377 e. The van der Waals surface area contributed by atoms with Gasteiger partial charge in [-0.05, 0) is 37.8 Å². The summed E-state index contributed by atoms with van der Waals surface area (Å²) in [6, 6.07) is 11.5. The number of hydrogen-bond donors (Lipinski definition) is 2. The Kier molecular flexibility index (Phi) is 3.90. The third-order valence-corrected chi connectivity index (χ3v) is 5.21. The summed E-state index contributed by atoms with van der Waals surface area (Å²) in [7, 11) is 0. The van der Waals surface area contributed by atoms with E-state index in [9.17, 15) is 9.18 Å². The van der Waals surface area contributed by atoms with Gasteiger partial charge in [-0.25, -0.2) is 8.91 Å². The monoisotopic (exact) mass is 352 g/mol. The molecule has 0 radical (unpaired) electrons. The van der Waals surface area contributed by atoms with Gasteiger partial charge in [0.25, 0.3) is 5.91 Å². The maximum atomic E-state index is 14.8. The van der Waals surface area contributed by atoms with E-state index in [1.54, 1.807) is 11.4 Å². The number of alkyl halides is 1. The minimum Gasteiger partial charge on any atom is -0.377 e. The molecule has 4 rings (SSSR count). The first-order valence-electron chi connectivity index (χ1n) is 8.78. The Hall–Kier alpha value is -2.89. The molecule has 1 aromatic carbocycles. The Bertz CT molecular complexity index is 965. The predicted octanol–water partition coefficient (Wildman–Crippen LogP) is 3.79. The van der Waals surface area contributed by atoms with E-state index in [1.807, 2.05) is 42.6 Å². The highest BCUT2D eigenvalue weighted by atomic mass is 19.1. The molecule has 0 bridgehead atoms. The number of halogens is 1. The van der Waals surface area contributed by atoms with Crippen LogP contribution in [0.5, 0.6) is 0 Å². The molecular formula is C20H21FN4O. The highest BCUT2D eigenvalue weighted by molar-refractivity contribution is 6.02. The van der Waals surface area contributed by atoms with Crippen molar-refractivity contribution in [1.82, 2.24) is 9.61 Å². The molecule has 0 spiro atoms. The molecule has 2 heterocycles. The first-order valence-corrected chi connectivity index (χ1v) is 8.78. The summed E-state index contributed by atoms with van der Waals surface area (Å²) in [5, 5.41) is 7.55. The molecule has 1 amide bonds.